The van der Waals surface area contributed by atoms with Crippen LogP contribution in [0.2, 0.25) is 5.02 Å². The third-order valence-electron chi connectivity index (χ3n) is 1.42. The Balaban J connectivity index is 2.91. The van der Waals surface area contributed by atoms with E-state index in [4.69, 9.17) is 17.3 Å². The van der Waals surface area contributed by atoms with Gasteiger partial charge in [0.15, 0.2) is 0 Å². The first-order valence-corrected chi connectivity index (χ1v) is 4.73. The smallest absolute Gasteiger partial charge is 0.319 e. The molecule has 0 fully saturated rings. The van der Waals surface area contributed by atoms with Gasteiger partial charge >= 0.3 is 6.03 Å². The van der Waals surface area contributed by atoms with Gasteiger partial charge in [-0.15, -0.1) is 0 Å². The van der Waals surface area contributed by atoms with Gasteiger partial charge in [0.2, 0.25) is 0 Å². The molecule has 1 aromatic carbocycles. The second-order valence-electron chi connectivity index (χ2n) is 2.45. The number of primary amides is 1. The highest BCUT2D eigenvalue weighted by atomic mass is 79.9. The number of urea groups is 1. The van der Waals surface area contributed by atoms with Crippen LogP contribution in [0.25, 0.3) is 0 Å². The molecule has 0 atom stereocenters. The Bertz CT molecular complexity index is 395. The molecule has 0 heterocycles. The number of amides is 3. The highest BCUT2D eigenvalue weighted by Gasteiger charge is 2.08. The van der Waals surface area contributed by atoms with Crippen LogP contribution in [0.3, 0.4) is 0 Å². The van der Waals surface area contributed by atoms with Crippen molar-refractivity contribution < 1.29 is 9.59 Å². The number of benzene rings is 1. The average molecular weight is 278 g/mol. The van der Waals surface area contributed by atoms with E-state index >= 15 is 0 Å². The Kier molecular flexibility index (Phi) is 3.49. The van der Waals surface area contributed by atoms with Gasteiger partial charge in [0, 0.05) is 10.0 Å². The maximum Gasteiger partial charge on any atom is 0.319 e. The van der Waals surface area contributed by atoms with Crippen molar-refractivity contribution in [2.24, 2.45) is 5.73 Å². The van der Waals surface area contributed by atoms with Crippen LogP contribution >= 0.6 is 27.5 Å². The van der Waals surface area contributed by atoms with Crippen LogP contribution in [0.5, 0.6) is 0 Å². The molecule has 14 heavy (non-hydrogen) atoms. The minimum atomic E-state index is -0.894. The molecule has 0 aliphatic carbocycles. The van der Waals surface area contributed by atoms with E-state index in [1.807, 2.05) is 5.32 Å². The number of nitrogens with two attached hydrogens (primary N) is 1. The van der Waals surface area contributed by atoms with Gasteiger partial charge in [-0.3, -0.25) is 10.1 Å². The second kappa shape index (κ2) is 4.43. The predicted molar refractivity (Wildman–Crippen MR) is 56.2 cm³/mol. The van der Waals surface area contributed by atoms with Gasteiger partial charge in [-0.25, -0.2) is 4.79 Å². The lowest BCUT2D eigenvalue weighted by atomic mass is 10.2. The molecule has 0 aliphatic heterocycles. The Morgan fingerprint density at radius 1 is 1.43 bits per heavy atom. The van der Waals surface area contributed by atoms with Gasteiger partial charge in [-0.05, 0) is 34.1 Å². The third-order valence-corrected chi connectivity index (χ3v) is 2.65. The van der Waals surface area contributed by atoms with E-state index < -0.39 is 11.9 Å². The van der Waals surface area contributed by atoms with Crippen LogP contribution in [-0.2, 0) is 0 Å². The van der Waals surface area contributed by atoms with Crippen molar-refractivity contribution in [3.63, 3.8) is 0 Å². The molecule has 0 aromatic heterocycles. The van der Waals surface area contributed by atoms with E-state index in [0.717, 1.165) is 0 Å². The van der Waals surface area contributed by atoms with Gasteiger partial charge in [0.05, 0.1) is 5.02 Å². The van der Waals surface area contributed by atoms with E-state index in [-0.39, 0.29) is 5.56 Å². The summed E-state index contributed by atoms with van der Waals surface area (Å²) in [7, 11) is 0. The zero-order valence-electron chi connectivity index (χ0n) is 6.88. The summed E-state index contributed by atoms with van der Waals surface area (Å²) in [4.78, 5) is 21.6. The second-order valence-corrected chi connectivity index (χ2v) is 3.71. The van der Waals surface area contributed by atoms with Crippen LogP contribution in [-0.4, -0.2) is 11.9 Å². The van der Waals surface area contributed by atoms with Crippen molar-refractivity contribution in [3.05, 3.63) is 33.3 Å². The highest BCUT2D eigenvalue weighted by Crippen LogP contribution is 2.22. The third kappa shape index (κ3) is 2.71. The Hall–Kier alpha value is -1.07. The number of nitrogens with one attached hydrogen (secondary N) is 1. The van der Waals surface area contributed by atoms with E-state index in [9.17, 15) is 9.59 Å². The van der Waals surface area contributed by atoms with Crippen molar-refractivity contribution in [2.75, 3.05) is 0 Å². The summed E-state index contributed by atoms with van der Waals surface area (Å²) in [5.74, 6) is -0.577. The number of imide groups is 1. The van der Waals surface area contributed by atoms with E-state index in [0.29, 0.717) is 9.50 Å². The number of halogens is 2. The highest BCUT2D eigenvalue weighted by molar-refractivity contribution is 9.10. The average Bonchev–Trinajstić information content (AvgIpc) is 2.08. The summed E-state index contributed by atoms with van der Waals surface area (Å²) in [6, 6.07) is 3.67. The van der Waals surface area contributed by atoms with Crippen molar-refractivity contribution >= 4 is 39.5 Å². The molecule has 0 radical (unpaired) electrons. The maximum absolute atomic E-state index is 11.2. The zero-order valence-corrected chi connectivity index (χ0v) is 9.22. The molecule has 0 unspecified atom stereocenters. The van der Waals surface area contributed by atoms with Crippen LogP contribution in [0.4, 0.5) is 4.79 Å². The van der Waals surface area contributed by atoms with Crippen molar-refractivity contribution in [1.29, 1.82) is 0 Å². The topological polar surface area (TPSA) is 72.2 Å². The van der Waals surface area contributed by atoms with Crippen LogP contribution in [0.1, 0.15) is 10.4 Å². The summed E-state index contributed by atoms with van der Waals surface area (Å²) < 4.78 is 0.676. The Labute approximate surface area is 93.5 Å². The number of hydrogen-bond donors (Lipinski definition) is 2. The molecule has 3 N–H and O–H groups in total. The Morgan fingerprint density at radius 3 is 2.57 bits per heavy atom. The minimum absolute atomic E-state index is 0.275. The standard InChI is InChI=1S/C8H6BrClN2O2/c9-5-2-1-4(3-6(5)10)7(13)12-8(11)14/h1-3H,(H3,11,12,13,14). The predicted octanol–water partition coefficient (Wildman–Crippen LogP) is 1.91. The first-order valence-electron chi connectivity index (χ1n) is 3.56. The summed E-state index contributed by atoms with van der Waals surface area (Å²) in [6.07, 6.45) is 0. The van der Waals surface area contributed by atoms with Crippen LogP contribution in [0.15, 0.2) is 22.7 Å². The molecular formula is C8H6BrClN2O2. The van der Waals surface area contributed by atoms with Crippen LogP contribution < -0.4 is 11.1 Å². The summed E-state index contributed by atoms with van der Waals surface area (Å²) in [5.41, 5.74) is 5.06. The SMILES string of the molecule is NC(=O)NC(=O)c1ccc(Br)c(Cl)c1. The zero-order chi connectivity index (χ0) is 10.7. The van der Waals surface area contributed by atoms with E-state index in [2.05, 4.69) is 15.9 Å². The fraction of sp³-hybridized carbons (Fsp3) is 0. The van der Waals surface area contributed by atoms with Gasteiger partial charge in [0.25, 0.3) is 5.91 Å². The lowest BCUT2D eigenvalue weighted by Gasteiger charge is -2.02. The normalized spacial score (nSPS) is 9.57. The van der Waals surface area contributed by atoms with E-state index in [1.54, 1.807) is 6.07 Å². The summed E-state index contributed by atoms with van der Waals surface area (Å²) >= 11 is 8.93. The Morgan fingerprint density at radius 2 is 2.07 bits per heavy atom. The monoisotopic (exact) mass is 276 g/mol. The van der Waals surface area contributed by atoms with Crippen molar-refractivity contribution in [3.8, 4) is 0 Å². The molecule has 3 amide bonds. The quantitative estimate of drug-likeness (QED) is 0.823. The lowest BCUT2D eigenvalue weighted by molar-refractivity contribution is 0.0966. The first kappa shape index (κ1) is 11.0. The molecule has 1 rings (SSSR count). The molecule has 0 aliphatic rings. The molecule has 0 spiro atoms. The first-order chi connectivity index (χ1) is 6.50. The number of rotatable bonds is 1. The molecule has 0 saturated heterocycles. The maximum atomic E-state index is 11.2. The fourth-order valence-electron chi connectivity index (χ4n) is 0.821. The molecule has 6 heteroatoms. The van der Waals surface area contributed by atoms with Gasteiger partial charge in [0.1, 0.15) is 0 Å². The van der Waals surface area contributed by atoms with Gasteiger partial charge < -0.3 is 5.73 Å². The fourth-order valence-corrected chi connectivity index (χ4v) is 1.25. The van der Waals surface area contributed by atoms with Crippen molar-refractivity contribution in [2.45, 2.75) is 0 Å². The van der Waals surface area contributed by atoms with Crippen molar-refractivity contribution in [1.82, 2.24) is 5.32 Å². The van der Waals surface area contributed by atoms with Gasteiger partial charge in [-0.2, -0.15) is 0 Å². The molecule has 74 valence electrons. The molecule has 0 saturated carbocycles. The van der Waals surface area contributed by atoms with E-state index in [1.165, 1.54) is 12.1 Å². The molecule has 0 bridgehead atoms. The minimum Gasteiger partial charge on any atom is -0.351 e. The van der Waals surface area contributed by atoms with Gasteiger partial charge in [-0.1, -0.05) is 11.6 Å². The molecular weight excluding hydrogens is 271 g/mol. The summed E-state index contributed by atoms with van der Waals surface area (Å²) in [5, 5.41) is 2.32. The summed E-state index contributed by atoms with van der Waals surface area (Å²) in [6.45, 7) is 0. The number of carbonyl (C=O) groups excluding carboxylic acids is 2. The van der Waals surface area contributed by atoms with Crippen LogP contribution in [0, 0.1) is 0 Å². The lowest BCUT2D eigenvalue weighted by Crippen LogP contribution is -2.34. The molecule has 4 nitrogen and oxygen atoms in total. The number of hydrogen-bond acceptors (Lipinski definition) is 2. The largest absolute Gasteiger partial charge is 0.351 e. The number of carbonyl (C=O) groups is 2. The molecule has 1 aromatic rings.